The Morgan fingerprint density at radius 1 is 1.08 bits per heavy atom. The minimum atomic E-state index is 0.278. The van der Waals surface area contributed by atoms with Crippen molar-refractivity contribution in [2.24, 2.45) is 0 Å². The molecule has 0 N–H and O–H groups in total. The van der Waals surface area contributed by atoms with Crippen molar-refractivity contribution in [1.29, 1.82) is 0 Å². The second kappa shape index (κ2) is 7.08. The quantitative estimate of drug-likeness (QED) is 0.811. The molecule has 25 heavy (non-hydrogen) atoms. The molecule has 0 unspecified atom stereocenters. The van der Waals surface area contributed by atoms with E-state index in [9.17, 15) is 0 Å². The standard InChI is InChI=1S/C20H27ClN4/c1-20(16-3-2-4-17(21)13-16)9-5-18(6-10-20)24-11-7-19(8-12-24)25-15-22-14-23-25/h2-4,13-15,18-19H,5-12H2,1H3. The molecule has 134 valence electrons. The molecule has 0 atom stereocenters. The van der Waals surface area contributed by atoms with Gasteiger partial charge in [-0.25, -0.2) is 9.67 Å². The Bertz CT molecular complexity index is 683. The van der Waals surface area contributed by atoms with E-state index in [1.807, 2.05) is 17.1 Å². The summed E-state index contributed by atoms with van der Waals surface area (Å²) in [7, 11) is 0. The van der Waals surface area contributed by atoms with Crippen LogP contribution in [0, 0.1) is 0 Å². The lowest BCUT2D eigenvalue weighted by atomic mass is 9.69. The van der Waals surface area contributed by atoms with E-state index in [0.717, 1.165) is 11.1 Å². The SMILES string of the molecule is CC1(c2cccc(Cl)c2)CCC(N2CCC(n3cncn3)CC2)CC1. The molecular weight excluding hydrogens is 332 g/mol. The highest BCUT2D eigenvalue weighted by Crippen LogP contribution is 2.41. The average Bonchev–Trinajstić information content (AvgIpc) is 3.17. The van der Waals surface area contributed by atoms with Gasteiger partial charge >= 0.3 is 0 Å². The van der Waals surface area contributed by atoms with Gasteiger partial charge in [-0.3, -0.25) is 0 Å². The molecule has 1 saturated carbocycles. The highest BCUT2D eigenvalue weighted by atomic mass is 35.5. The first-order valence-electron chi connectivity index (χ1n) is 9.48. The van der Waals surface area contributed by atoms with Crippen LogP contribution in [0.5, 0.6) is 0 Å². The molecule has 0 bridgehead atoms. The molecule has 1 aliphatic heterocycles. The summed E-state index contributed by atoms with van der Waals surface area (Å²) < 4.78 is 2.04. The van der Waals surface area contributed by atoms with Gasteiger partial charge in [0.15, 0.2) is 0 Å². The van der Waals surface area contributed by atoms with Gasteiger partial charge in [-0.2, -0.15) is 5.10 Å². The van der Waals surface area contributed by atoms with Crippen LogP contribution in [0.4, 0.5) is 0 Å². The highest BCUT2D eigenvalue weighted by molar-refractivity contribution is 6.30. The number of hydrogen-bond donors (Lipinski definition) is 0. The van der Waals surface area contributed by atoms with E-state index in [4.69, 9.17) is 11.6 Å². The Balaban J connectivity index is 1.33. The van der Waals surface area contributed by atoms with Crippen molar-refractivity contribution in [1.82, 2.24) is 19.7 Å². The average molecular weight is 359 g/mol. The van der Waals surface area contributed by atoms with E-state index in [1.165, 1.54) is 57.2 Å². The lowest BCUT2D eigenvalue weighted by Crippen LogP contribution is -2.45. The van der Waals surface area contributed by atoms with E-state index in [1.54, 1.807) is 6.33 Å². The number of likely N-dealkylation sites (tertiary alicyclic amines) is 1. The zero-order chi connectivity index (χ0) is 17.3. The molecule has 1 aromatic heterocycles. The van der Waals surface area contributed by atoms with Gasteiger partial charge in [-0.05, 0) is 61.6 Å². The Kier molecular flexibility index (Phi) is 4.83. The van der Waals surface area contributed by atoms with Gasteiger partial charge in [-0.1, -0.05) is 30.7 Å². The van der Waals surface area contributed by atoms with Crippen LogP contribution in [0.1, 0.15) is 57.1 Å². The van der Waals surface area contributed by atoms with Crippen LogP contribution in [0.3, 0.4) is 0 Å². The monoisotopic (exact) mass is 358 g/mol. The van der Waals surface area contributed by atoms with Crippen molar-refractivity contribution in [3.8, 4) is 0 Å². The fourth-order valence-electron chi connectivity index (χ4n) is 4.68. The molecule has 1 saturated heterocycles. The molecule has 4 nitrogen and oxygen atoms in total. The molecule has 2 aromatic rings. The second-order valence-electron chi connectivity index (χ2n) is 7.94. The second-order valence-corrected chi connectivity index (χ2v) is 8.38. The maximum absolute atomic E-state index is 6.21. The van der Waals surface area contributed by atoms with Gasteiger partial charge in [0.25, 0.3) is 0 Å². The predicted molar refractivity (Wildman–Crippen MR) is 101 cm³/mol. The minimum absolute atomic E-state index is 0.278. The Hall–Kier alpha value is -1.39. The normalized spacial score (nSPS) is 29.0. The van der Waals surface area contributed by atoms with Crippen molar-refractivity contribution in [2.75, 3.05) is 13.1 Å². The summed E-state index contributed by atoms with van der Waals surface area (Å²) in [5.41, 5.74) is 1.68. The largest absolute Gasteiger partial charge is 0.300 e. The van der Waals surface area contributed by atoms with E-state index in [2.05, 4.69) is 40.1 Å². The number of rotatable bonds is 3. The van der Waals surface area contributed by atoms with Gasteiger partial charge in [-0.15, -0.1) is 0 Å². The molecule has 2 heterocycles. The van der Waals surface area contributed by atoms with Gasteiger partial charge in [0, 0.05) is 24.2 Å². The topological polar surface area (TPSA) is 34.0 Å². The summed E-state index contributed by atoms with van der Waals surface area (Å²) in [6.07, 6.45) is 11.0. The highest BCUT2D eigenvalue weighted by Gasteiger charge is 2.36. The number of halogens is 1. The minimum Gasteiger partial charge on any atom is -0.300 e. The van der Waals surface area contributed by atoms with Gasteiger partial charge < -0.3 is 4.90 Å². The first-order valence-corrected chi connectivity index (χ1v) is 9.86. The van der Waals surface area contributed by atoms with Gasteiger partial charge in [0.2, 0.25) is 0 Å². The van der Waals surface area contributed by atoms with Crippen LogP contribution in [-0.4, -0.2) is 38.8 Å². The van der Waals surface area contributed by atoms with Gasteiger partial charge in [0.1, 0.15) is 12.7 Å². The first-order chi connectivity index (χ1) is 12.1. The maximum Gasteiger partial charge on any atom is 0.137 e. The fraction of sp³-hybridized carbons (Fsp3) is 0.600. The third-order valence-electron chi connectivity index (χ3n) is 6.41. The molecule has 0 spiro atoms. The summed E-state index contributed by atoms with van der Waals surface area (Å²) in [6.45, 7) is 4.78. The van der Waals surface area contributed by atoms with Crippen LogP contribution in [-0.2, 0) is 5.41 Å². The first kappa shape index (κ1) is 17.0. The van der Waals surface area contributed by atoms with Crippen molar-refractivity contribution >= 4 is 11.6 Å². The summed E-state index contributed by atoms with van der Waals surface area (Å²) in [5.74, 6) is 0. The molecular formula is C20H27ClN4. The van der Waals surface area contributed by atoms with Crippen molar-refractivity contribution in [3.05, 3.63) is 47.5 Å². The molecule has 2 fully saturated rings. The number of aromatic nitrogens is 3. The van der Waals surface area contributed by atoms with Crippen LogP contribution in [0.2, 0.25) is 5.02 Å². The molecule has 0 radical (unpaired) electrons. The van der Waals surface area contributed by atoms with Gasteiger partial charge in [0.05, 0.1) is 6.04 Å². The number of piperidine rings is 1. The molecule has 4 rings (SSSR count). The molecule has 5 heteroatoms. The summed E-state index contributed by atoms with van der Waals surface area (Å²) in [5, 5.41) is 5.17. The lowest BCUT2D eigenvalue weighted by Gasteiger charge is -2.44. The number of hydrogen-bond acceptors (Lipinski definition) is 3. The van der Waals surface area contributed by atoms with Crippen molar-refractivity contribution in [3.63, 3.8) is 0 Å². The number of benzene rings is 1. The van der Waals surface area contributed by atoms with E-state index in [-0.39, 0.29) is 5.41 Å². The summed E-state index contributed by atoms with van der Waals surface area (Å²) >= 11 is 6.21. The van der Waals surface area contributed by atoms with Crippen LogP contribution < -0.4 is 0 Å². The summed E-state index contributed by atoms with van der Waals surface area (Å²) in [6, 6.07) is 9.73. The number of nitrogens with zero attached hydrogens (tertiary/aromatic N) is 4. The molecule has 1 aliphatic carbocycles. The predicted octanol–water partition coefficient (Wildman–Crippen LogP) is 4.47. The zero-order valence-electron chi connectivity index (χ0n) is 14.9. The van der Waals surface area contributed by atoms with Crippen LogP contribution in [0.15, 0.2) is 36.9 Å². The maximum atomic E-state index is 6.21. The lowest BCUT2D eigenvalue weighted by molar-refractivity contribution is 0.0888. The van der Waals surface area contributed by atoms with E-state index >= 15 is 0 Å². The zero-order valence-corrected chi connectivity index (χ0v) is 15.7. The van der Waals surface area contributed by atoms with Crippen molar-refractivity contribution < 1.29 is 0 Å². The van der Waals surface area contributed by atoms with Crippen LogP contribution >= 0.6 is 11.6 Å². The van der Waals surface area contributed by atoms with E-state index in [0.29, 0.717) is 6.04 Å². The summed E-state index contributed by atoms with van der Waals surface area (Å²) in [4.78, 5) is 6.80. The Morgan fingerprint density at radius 3 is 2.48 bits per heavy atom. The van der Waals surface area contributed by atoms with Crippen molar-refractivity contribution in [2.45, 2.75) is 62.9 Å². The molecule has 0 amide bonds. The Morgan fingerprint density at radius 2 is 1.84 bits per heavy atom. The van der Waals surface area contributed by atoms with Crippen LogP contribution in [0.25, 0.3) is 0 Å². The third kappa shape index (κ3) is 3.61. The Labute approximate surface area is 155 Å². The molecule has 1 aromatic carbocycles. The molecule has 2 aliphatic rings. The fourth-order valence-corrected chi connectivity index (χ4v) is 4.87. The third-order valence-corrected chi connectivity index (χ3v) is 6.64. The van der Waals surface area contributed by atoms with E-state index < -0.39 is 0 Å². The smallest absolute Gasteiger partial charge is 0.137 e.